The molecular weight excluding hydrogens is 438 g/mol. The fourth-order valence-electron chi connectivity index (χ4n) is 3.26. The van der Waals surface area contributed by atoms with E-state index in [1.54, 1.807) is 26.8 Å². The minimum absolute atomic E-state index is 0.0646. The summed E-state index contributed by atoms with van der Waals surface area (Å²) in [6.45, 7) is 13.9. The van der Waals surface area contributed by atoms with Crippen molar-refractivity contribution in [3.63, 3.8) is 0 Å². The van der Waals surface area contributed by atoms with Crippen LogP contribution in [0.2, 0.25) is 0 Å². The van der Waals surface area contributed by atoms with Gasteiger partial charge in [-0.25, -0.2) is 4.79 Å². The molecule has 1 rings (SSSR count). The first-order valence-corrected chi connectivity index (χ1v) is 12.1. The fourth-order valence-corrected chi connectivity index (χ4v) is 3.50. The molecular formula is C25H39N3O4S. The Kier molecular flexibility index (Phi) is 12.1. The first-order valence-electron chi connectivity index (χ1n) is 11.5. The number of carbonyl (C=O) groups is 3. The number of rotatable bonds is 12. The zero-order chi connectivity index (χ0) is 25.0. The lowest BCUT2D eigenvalue weighted by molar-refractivity contribution is -0.142. The Hall–Kier alpha value is -2.48. The van der Waals surface area contributed by atoms with E-state index in [1.165, 1.54) is 4.90 Å². The van der Waals surface area contributed by atoms with Crippen molar-refractivity contribution in [2.24, 2.45) is 0 Å². The maximum atomic E-state index is 13.6. The fraction of sp³-hybridized carbons (Fsp3) is 0.560. The van der Waals surface area contributed by atoms with E-state index < -0.39 is 29.7 Å². The number of unbranched alkanes of at least 4 members (excludes halogenated alkanes) is 1. The molecule has 0 radical (unpaired) electrons. The van der Waals surface area contributed by atoms with Gasteiger partial charge >= 0.3 is 6.09 Å². The van der Waals surface area contributed by atoms with Crippen LogP contribution in [0, 0.1) is 0 Å². The van der Waals surface area contributed by atoms with Gasteiger partial charge in [0.15, 0.2) is 0 Å². The molecule has 0 aromatic heterocycles. The SMILES string of the molecule is C=Cc1cccc(C(C(=O)NCCCC)N(CCC)C(=O)C(CS)NC(=O)OC(C)(C)C)c1. The van der Waals surface area contributed by atoms with Crippen LogP contribution in [-0.2, 0) is 14.3 Å². The average Bonchev–Trinajstić information content (AvgIpc) is 2.75. The highest BCUT2D eigenvalue weighted by atomic mass is 32.1. The predicted octanol–water partition coefficient (Wildman–Crippen LogP) is 4.35. The predicted molar refractivity (Wildman–Crippen MR) is 136 cm³/mol. The maximum Gasteiger partial charge on any atom is 0.408 e. The van der Waals surface area contributed by atoms with E-state index in [9.17, 15) is 14.4 Å². The number of benzene rings is 1. The van der Waals surface area contributed by atoms with Crippen molar-refractivity contribution >= 4 is 36.6 Å². The van der Waals surface area contributed by atoms with Gasteiger partial charge in [-0.2, -0.15) is 12.6 Å². The number of hydrogen-bond donors (Lipinski definition) is 3. The Bertz CT molecular complexity index is 807. The Labute approximate surface area is 203 Å². The van der Waals surface area contributed by atoms with Crippen LogP contribution in [0.3, 0.4) is 0 Å². The number of ether oxygens (including phenoxy) is 1. The van der Waals surface area contributed by atoms with Gasteiger partial charge in [0, 0.05) is 18.8 Å². The van der Waals surface area contributed by atoms with Crippen LogP contribution in [0.1, 0.15) is 71.0 Å². The Morgan fingerprint density at radius 2 is 1.91 bits per heavy atom. The molecule has 0 aliphatic carbocycles. The number of amides is 3. The third kappa shape index (κ3) is 9.50. The monoisotopic (exact) mass is 477 g/mol. The molecule has 33 heavy (non-hydrogen) atoms. The van der Waals surface area contributed by atoms with Gasteiger partial charge in [0.2, 0.25) is 11.8 Å². The maximum absolute atomic E-state index is 13.6. The highest BCUT2D eigenvalue weighted by Crippen LogP contribution is 2.24. The smallest absolute Gasteiger partial charge is 0.408 e. The third-order valence-corrected chi connectivity index (χ3v) is 5.14. The van der Waals surface area contributed by atoms with Gasteiger partial charge in [-0.1, -0.05) is 51.1 Å². The van der Waals surface area contributed by atoms with E-state index in [4.69, 9.17) is 4.74 Å². The summed E-state index contributed by atoms with van der Waals surface area (Å²) in [5, 5.41) is 5.56. The zero-order valence-corrected chi connectivity index (χ0v) is 21.4. The van der Waals surface area contributed by atoms with Crippen LogP contribution in [0.4, 0.5) is 4.79 Å². The van der Waals surface area contributed by atoms with Crippen LogP contribution in [0.25, 0.3) is 6.08 Å². The summed E-state index contributed by atoms with van der Waals surface area (Å²) < 4.78 is 5.30. The van der Waals surface area contributed by atoms with Gasteiger partial charge < -0.3 is 20.3 Å². The Morgan fingerprint density at radius 1 is 1.21 bits per heavy atom. The molecule has 3 amide bonds. The number of nitrogens with zero attached hydrogens (tertiary/aromatic N) is 1. The first kappa shape index (κ1) is 28.6. The van der Waals surface area contributed by atoms with Gasteiger partial charge in [-0.3, -0.25) is 9.59 Å². The second kappa shape index (κ2) is 13.9. The molecule has 8 heteroatoms. The normalized spacial score (nSPS) is 12.9. The molecule has 184 valence electrons. The van der Waals surface area contributed by atoms with Crippen molar-refractivity contribution in [2.75, 3.05) is 18.8 Å². The second-order valence-corrected chi connectivity index (χ2v) is 9.20. The summed E-state index contributed by atoms with van der Waals surface area (Å²) in [5.74, 6) is -0.589. The molecule has 2 unspecified atom stereocenters. The minimum atomic E-state index is -0.941. The minimum Gasteiger partial charge on any atom is -0.444 e. The Morgan fingerprint density at radius 3 is 2.45 bits per heavy atom. The van der Waals surface area contributed by atoms with Crippen molar-refractivity contribution in [3.05, 3.63) is 42.0 Å². The number of alkyl carbamates (subject to hydrolysis) is 1. The van der Waals surface area contributed by atoms with E-state index in [0.29, 0.717) is 25.1 Å². The molecule has 0 saturated carbocycles. The van der Waals surface area contributed by atoms with Crippen molar-refractivity contribution in [3.8, 4) is 0 Å². The molecule has 0 heterocycles. The van der Waals surface area contributed by atoms with E-state index in [2.05, 4.69) is 29.8 Å². The van der Waals surface area contributed by atoms with Crippen molar-refractivity contribution < 1.29 is 19.1 Å². The summed E-state index contributed by atoms with van der Waals surface area (Å²) in [6, 6.07) is 5.60. The topological polar surface area (TPSA) is 87.7 Å². The summed E-state index contributed by atoms with van der Waals surface area (Å²) >= 11 is 4.28. The van der Waals surface area contributed by atoms with Gasteiger partial charge in [-0.15, -0.1) is 0 Å². The summed E-state index contributed by atoms with van der Waals surface area (Å²) in [6.07, 6.45) is 3.41. The molecule has 1 aromatic carbocycles. The summed E-state index contributed by atoms with van der Waals surface area (Å²) in [4.78, 5) is 40.7. The molecule has 2 N–H and O–H groups in total. The van der Waals surface area contributed by atoms with Crippen molar-refractivity contribution in [2.45, 2.75) is 71.6 Å². The van der Waals surface area contributed by atoms with Crippen molar-refractivity contribution in [1.29, 1.82) is 0 Å². The highest BCUT2D eigenvalue weighted by Gasteiger charge is 2.35. The molecule has 0 fully saturated rings. The van der Waals surface area contributed by atoms with Crippen LogP contribution >= 0.6 is 12.6 Å². The van der Waals surface area contributed by atoms with Gasteiger partial charge in [0.1, 0.15) is 17.7 Å². The second-order valence-electron chi connectivity index (χ2n) is 8.83. The lowest BCUT2D eigenvalue weighted by atomic mass is 10.00. The van der Waals surface area contributed by atoms with Gasteiger partial charge in [-0.05, 0) is 50.8 Å². The quantitative estimate of drug-likeness (QED) is 0.309. The molecule has 0 saturated heterocycles. The van der Waals surface area contributed by atoms with Gasteiger partial charge in [0.25, 0.3) is 0 Å². The first-order chi connectivity index (χ1) is 15.6. The molecule has 7 nitrogen and oxygen atoms in total. The summed E-state index contributed by atoms with van der Waals surface area (Å²) in [7, 11) is 0. The van der Waals surface area contributed by atoms with Crippen LogP contribution in [0.5, 0.6) is 0 Å². The zero-order valence-electron chi connectivity index (χ0n) is 20.5. The van der Waals surface area contributed by atoms with Crippen molar-refractivity contribution in [1.82, 2.24) is 15.5 Å². The number of nitrogens with one attached hydrogen (secondary N) is 2. The largest absolute Gasteiger partial charge is 0.444 e. The molecule has 0 bridgehead atoms. The third-order valence-electron chi connectivity index (χ3n) is 4.77. The number of carbonyl (C=O) groups excluding carboxylic acids is 3. The van der Waals surface area contributed by atoms with E-state index in [0.717, 1.165) is 18.4 Å². The lowest BCUT2D eigenvalue weighted by Crippen LogP contribution is -2.54. The molecule has 0 aliphatic heterocycles. The number of hydrogen-bond acceptors (Lipinski definition) is 5. The molecule has 0 aliphatic rings. The Balaban J connectivity index is 3.31. The van der Waals surface area contributed by atoms with Gasteiger partial charge in [0.05, 0.1) is 0 Å². The van der Waals surface area contributed by atoms with Crippen LogP contribution in [0.15, 0.2) is 30.8 Å². The van der Waals surface area contributed by atoms with Crippen LogP contribution in [-0.4, -0.2) is 53.3 Å². The molecule has 2 atom stereocenters. The average molecular weight is 478 g/mol. The van der Waals surface area contributed by atoms with E-state index >= 15 is 0 Å². The van der Waals surface area contributed by atoms with E-state index in [1.807, 2.05) is 38.1 Å². The molecule has 0 spiro atoms. The van der Waals surface area contributed by atoms with E-state index in [-0.39, 0.29) is 11.7 Å². The van der Waals surface area contributed by atoms with Crippen LogP contribution < -0.4 is 10.6 Å². The molecule has 1 aromatic rings. The standard InChI is InChI=1S/C25H39N3O4S/c1-7-10-14-26-22(29)21(19-13-11-12-18(9-3)16-19)28(15-8-2)23(30)20(17-33)27-24(31)32-25(4,5)6/h9,11-13,16,20-21,33H,3,7-8,10,14-15,17H2,1-2,4-6H3,(H,26,29)(H,27,31). The highest BCUT2D eigenvalue weighted by molar-refractivity contribution is 7.80. The number of thiol groups is 1. The lowest BCUT2D eigenvalue weighted by Gasteiger charge is -2.34. The summed E-state index contributed by atoms with van der Waals surface area (Å²) in [5.41, 5.74) is 0.822.